The first kappa shape index (κ1) is 13.1. The Kier molecular flexibility index (Phi) is 3.01. The zero-order chi connectivity index (χ0) is 14.2. The van der Waals surface area contributed by atoms with Crippen molar-refractivity contribution < 1.29 is 14.5 Å². The van der Waals surface area contributed by atoms with Gasteiger partial charge in [-0.3, -0.25) is 14.9 Å². The van der Waals surface area contributed by atoms with E-state index in [-0.39, 0.29) is 11.7 Å². The largest absolute Gasteiger partial charge is 0.424 e. The number of nitrogens with one attached hydrogen (secondary N) is 1. The van der Waals surface area contributed by atoms with E-state index in [0.717, 1.165) is 0 Å². The molecule has 0 fully saturated rings. The summed E-state index contributed by atoms with van der Waals surface area (Å²) in [4.78, 5) is 25.0. The number of hydrogen-bond acceptors (Lipinski definition) is 4. The van der Waals surface area contributed by atoms with Gasteiger partial charge in [-0.05, 0) is 26.8 Å². The van der Waals surface area contributed by atoms with Gasteiger partial charge in [-0.15, -0.1) is 0 Å². The molecule has 6 heteroatoms. The van der Waals surface area contributed by atoms with Crippen molar-refractivity contribution in [3.05, 3.63) is 34.5 Å². The number of rotatable bonds is 2. The molecule has 0 unspecified atom stereocenters. The van der Waals surface area contributed by atoms with Crippen LogP contribution in [0.25, 0.3) is 10.9 Å². The van der Waals surface area contributed by atoms with Crippen LogP contribution in [0.2, 0.25) is 0 Å². The molecule has 0 radical (unpaired) electrons. The van der Waals surface area contributed by atoms with Gasteiger partial charge in [-0.2, -0.15) is 0 Å². The number of aromatic nitrogens is 1. The predicted molar refractivity (Wildman–Crippen MR) is 70.0 cm³/mol. The minimum Gasteiger partial charge on any atom is -0.424 e. The van der Waals surface area contributed by atoms with Crippen molar-refractivity contribution in [1.29, 1.82) is 0 Å². The van der Waals surface area contributed by atoms with Gasteiger partial charge in [0.05, 0.1) is 10.3 Å². The second-order valence-electron chi connectivity index (χ2n) is 5.28. The number of H-pyrrole nitrogens is 1. The second kappa shape index (κ2) is 4.38. The highest BCUT2D eigenvalue weighted by Crippen LogP contribution is 2.30. The van der Waals surface area contributed by atoms with Gasteiger partial charge in [0.25, 0.3) is 5.69 Å². The monoisotopic (exact) mass is 262 g/mol. The Hall–Kier alpha value is -2.37. The molecular formula is C13H14N2O4. The predicted octanol–water partition coefficient (Wildman–Crippen LogP) is 3.03. The molecule has 0 aliphatic heterocycles. The Morgan fingerprint density at radius 2 is 2.05 bits per heavy atom. The summed E-state index contributed by atoms with van der Waals surface area (Å²) in [6, 6.07) is 4.37. The number of nitro benzene ring substituents is 1. The third kappa shape index (κ3) is 2.57. The third-order valence-electron chi connectivity index (χ3n) is 2.65. The molecule has 19 heavy (non-hydrogen) atoms. The summed E-state index contributed by atoms with van der Waals surface area (Å²) < 4.78 is 5.27. The number of ether oxygens (including phenoxy) is 1. The van der Waals surface area contributed by atoms with Gasteiger partial charge in [0.15, 0.2) is 5.75 Å². The number of hydrogen-bond donors (Lipinski definition) is 1. The van der Waals surface area contributed by atoms with Gasteiger partial charge in [0.2, 0.25) is 0 Å². The lowest BCUT2D eigenvalue weighted by Gasteiger charge is -2.15. The van der Waals surface area contributed by atoms with Crippen molar-refractivity contribution in [2.24, 2.45) is 5.41 Å². The molecule has 0 saturated heterocycles. The number of non-ortho nitro benzene ring substituents is 1. The van der Waals surface area contributed by atoms with E-state index in [4.69, 9.17) is 4.74 Å². The second-order valence-corrected chi connectivity index (χ2v) is 5.28. The number of benzene rings is 1. The molecule has 0 aliphatic carbocycles. The van der Waals surface area contributed by atoms with Crippen LogP contribution >= 0.6 is 0 Å². The fourth-order valence-electron chi connectivity index (χ4n) is 1.53. The van der Waals surface area contributed by atoms with Crippen LogP contribution in [-0.4, -0.2) is 15.9 Å². The number of fused-ring (bicyclic) bond motifs is 1. The van der Waals surface area contributed by atoms with Crippen molar-refractivity contribution in [3.63, 3.8) is 0 Å². The molecule has 1 aromatic heterocycles. The Balaban J connectivity index is 2.41. The maximum atomic E-state index is 11.8. The molecule has 0 atom stereocenters. The Bertz CT molecular complexity index is 652. The van der Waals surface area contributed by atoms with Crippen molar-refractivity contribution in [2.45, 2.75) is 20.8 Å². The first-order chi connectivity index (χ1) is 8.79. The molecule has 2 rings (SSSR count). The SMILES string of the molecule is CC(C)(C)C(=O)Oc1c[nH]c2ccc([N+](=O)[O-])cc12. The van der Waals surface area contributed by atoms with Crippen molar-refractivity contribution in [2.75, 3.05) is 0 Å². The van der Waals surface area contributed by atoms with Crippen LogP contribution < -0.4 is 4.74 Å². The zero-order valence-corrected chi connectivity index (χ0v) is 10.9. The summed E-state index contributed by atoms with van der Waals surface area (Å²) >= 11 is 0. The van der Waals surface area contributed by atoms with Gasteiger partial charge in [0, 0.05) is 29.2 Å². The molecule has 1 N–H and O–H groups in total. The minimum atomic E-state index is -0.635. The highest BCUT2D eigenvalue weighted by Gasteiger charge is 2.25. The number of aromatic amines is 1. The Morgan fingerprint density at radius 1 is 1.37 bits per heavy atom. The first-order valence-electron chi connectivity index (χ1n) is 5.77. The first-order valence-corrected chi connectivity index (χ1v) is 5.77. The quantitative estimate of drug-likeness (QED) is 0.512. The normalized spacial score (nSPS) is 11.5. The Morgan fingerprint density at radius 3 is 2.63 bits per heavy atom. The summed E-state index contributed by atoms with van der Waals surface area (Å²) in [7, 11) is 0. The summed E-state index contributed by atoms with van der Waals surface area (Å²) in [5, 5.41) is 11.3. The fraction of sp³-hybridized carbons (Fsp3) is 0.308. The molecule has 0 spiro atoms. The average Bonchev–Trinajstić information content (AvgIpc) is 2.70. The van der Waals surface area contributed by atoms with Gasteiger partial charge in [-0.1, -0.05) is 0 Å². The van der Waals surface area contributed by atoms with Gasteiger partial charge < -0.3 is 9.72 Å². The third-order valence-corrected chi connectivity index (χ3v) is 2.65. The molecule has 100 valence electrons. The van der Waals surface area contributed by atoms with Gasteiger partial charge >= 0.3 is 5.97 Å². The van der Waals surface area contributed by atoms with Crippen molar-refractivity contribution in [3.8, 4) is 5.75 Å². The van der Waals surface area contributed by atoms with E-state index in [0.29, 0.717) is 16.7 Å². The summed E-state index contributed by atoms with van der Waals surface area (Å²) in [5.74, 6) is -0.0847. The maximum absolute atomic E-state index is 11.8. The standard InChI is InChI=1S/C13H14N2O4/c1-13(2,3)12(16)19-11-7-14-10-5-4-8(15(17)18)6-9(10)11/h4-7,14H,1-3H3. The van der Waals surface area contributed by atoms with Gasteiger partial charge in [-0.25, -0.2) is 0 Å². The van der Waals surface area contributed by atoms with Crippen LogP contribution in [0.15, 0.2) is 24.4 Å². The average molecular weight is 262 g/mol. The number of carbonyl (C=O) groups excluding carboxylic acids is 1. The van der Waals surface area contributed by atoms with E-state index in [1.165, 1.54) is 18.3 Å². The van der Waals surface area contributed by atoms with E-state index in [1.807, 2.05) is 0 Å². The lowest BCUT2D eigenvalue weighted by atomic mass is 9.97. The molecule has 1 heterocycles. The molecule has 6 nitrogen and oxygen atoms in total. The highest BCUT2D eigenvalue weighted by molar-refractivity contribution is 5.91. The van der Waals surface area contributed by atoms with Crippen LogP contribution in [0.4, 0.5) is 5.69 Å². The number of carbonyl (C=O) groups is 1. The van der Waals surface area contributed by atoms with Crippen LogP contribution in [0.5, 0.6) is 5.75 Å². The molecule has 1 aromatic carbocycles. The Labute approximate surface area is 109 Å². The van der Waals surface area contributed by atoms with Crippen LogP contribution in [0, 0.1) is 15.5 Å². The maximum Gasteiger partial charge on any atom is 0.316 e. The topological polar surface area (TPSA) is 85.2 Å². The number of nitrogens with zero attached hydrogens (tertiary/aromatic N) is 1. The lowest BCUT2D eigenvalue weighted by molar-refractivity contribution is -0.384. The van der Waals surface area contributed by atoms with E-state index in [2.05, 4.69) is 4.98 Å². The summed E-state index contributed by atoms with van der Waals surface area (Å²) in [6.45, 7) is 5.23. The number of nitro groups is 1. The fourth-order valence-corrected chi connectivity index (χ4v) is 1.53. The van der Waals surface area contributed by atoms with Crippen LogP contribution in [0.1, 0.15) is 20.8 Å². The molecule has 2 aromatic rings. The summed E-state index contributed by atoms with van der Waals surface area (Å²) in [5.41, 5.74) is 0.00656. The number of esters is 1. The molecular weight excluding hydrogens is 248 g/mol. The zero-order valence-electron chi connectivity index (χ0n) is 10.9. The van der Waals surface area contributed by atoms with E-state index in [9.17, 15) is 14.9 Å². The van der Waals surface area contributed by atoms with Gasteiger partial charge in [0.1, 0.15) is 0 Å². The van der Waals surface area contributed by atoms with E-state index < -0.39 is 10.3 Å². The van der Waals surface area contributed by atoms with Crippen LogP contribution in [0.3, 0.4) is 0 Å². The van der Waals surface area contributed by atoms with Crippen molar-refractivity contribution in [1.82, 2.24) is 4.98 Å². The van der Waals surface area contributed by atoms with Crippen molar-refractivity contribution >= 4 is 22.6 Å². The molecule has 0 aliphatic rings. The molecule has 0 bridgehead atoms. The van der Waals surface area contributed by atoms with E-state index >= 15 is 0 Å². The van der Waals surface area contributed by atoms with Crippen LogP contribution in [-0.2, 0) is 4.79 Å². The highest BCUT2D eigenvalue weighted by atomic mass is 16.6. The molecule has 0 amide bonds. The lowest BCUT2D eigenvalue weighted by Crippen LogP contribution is -2.25. The van der Waals surface area contributed by atoms with E-state index in [1.54, 1.807) is 26.8 Å². The summed E-state index contributed by atoms with van der Waals surface area (Å²) in [6.07, 6.45) is 1.53. The molecule has 0 saturated carbocycles. The smallest absolute Gasteiger partial charge is 0.316 e. The minimum absolute atomic E-state index is 0.0415.